The Balaban J connectivity index is 2.36. The van der Waals surface area contributed by atoms with Gasteiger partial charge in [-0.1, -0.05) is 15.9 Å². The molecule has 7 heteroatoms. The number of carbonyl (C=O) groups is 1. The van der Waals surface area contributed by atoms with Crippen molar-refractivity contribution in [3.05, 3.63) is 15.8 Å². The molecule has 2 rings (SSSR count). The molecule has 4 nitrogen and oxygen atoms in total. The molecule has 1 N–H and O–H groups in total. The summed E-state index contributed by atoms with van der Waals surface area (Å²) in [5.74, 6) is -0.921. The molecule has 0 radical (unpaired) electrons. The van der Waals surface area contributed by atoms with Crippen LogP contribution in [0.25, 0.3) is 0 Å². The lowest BCUT2D eigenvalue weighted by atomic mass is 9.79. The van der Waals surface area contributed by atoms with Gasteiger partial charge in [0.05, 0.1) is 11.2 Å². The molecule has 0 aromatic carbocycles. The van der Waals surface area contributed by atoms with Crippen LogP contribution in [-0.4, -0.2) is 29.4 Å². The average Bonchev–Trinajstić information content (AvgIpc) is 2.78. The highest BCUT2D eigenvalue weighted by molar-refractivity contribution is 9.08. The van der Waals surface area contributed by atoms with Gasteiger partial charge in [0.15, 0.2) is 0 Å². The predicted molar refractivity (Wildman–Crippen MR) is 79.6 cm³/mol. The fraction of sp³-hybridized carbons (Fsp3) is 0.583. The first-order valence-corrected chi connectivity index (χ1v) is 7.89. The summed E-state index contributed by atoms with van der Waals surface area (Å²) in [5.41, 5.74) is -0.0444. The van der Waals surface area contributed by atoms with Crippen molar-refractivity contribution in [3.63, 3.8) is 0 Å². The largest absolute Gasteiger partial charge is 0.496 e. The van der Waals surface area contributed by atoms with Crippen molar-refractivity contribution >= 4 is 45.8 Å². The summed E-state index contributed by atoms with van der Waals surface area (Å²) in [7, 11) is -0.512. The Morgan fingerprint density at radius 3 is 2.32 bits per heavy atom. The van der Waals surface area contributed by atoms with Gasteiger partial charge >= 0.3 is 13.1 Å². The Hall–Kier alpha value is -0.365. The van der Waals surface area contributed by atoms with E-state index in [0.717, 1.165) is 10.3 Å². The van der Waals surface area contributed by atoms with Gasteiger partial charge in [0.2, 0.25) is 0 Å². The zero-order valence-electron chi connectivity index (χ0n) is 11.3. The maximum Gasteiger partial charge on any atom is 0.496 e. The van der Waals surface area contributed by atoms with E-state index in [0.29, 0.717) is 10.2 Å². The van der Waals surface area contributed by atoms with Gasteiger partial charge < -0.3 is 14.4 Å². The van der Waals surface area contributed by atoms with E-state index in [1.165, 1.54) is 11.3 Å². The molecule has 0 spiro atoms. The van der Waals surface area contributed by atoms with Crippen LogP contribution in [0.3, 0.4) is 0 Å². The van der Waals surface area contributed by atoms with Gasteiger partial charge in [0.1, 0.15) is 4.88 Å². The molecule has 1 fully saturated rings. The summed E-state index contributed by atoms with van der Waals surface area (Å²) in [4.78, 5) is 12.3. The van der Waals surface area contributed by atoms with Crippen LogP contribution in [0.15, 0.2) is 6.07 Å². The molecule has 1 aliphatic heterocycles. The summed E-state index contributed by atoms with van der Waals surface area (Å²) in [5, 5.41) is 9.67. The number of hydrogen-bond acceptors (Lipinski definition) is 4. The van der Waals surface area contributed by atoms with E-state index < -0.39 is 24.3 Å². The molecule has 1 saturated heterocycles. The van der Waals surface area contributed by atoms with Gasteiger partial charge in [-0.05, 0) is 39.2 Å². The first kappa shape index (κ1) is 15.0. The predicted octanol–water partition coefficient (Wildman–Crippen LogP) is 2.64. The highest BCUT2D eigenvalue weighted by atomic mass is 79.9. The first-order valence-electron chi connectivity index (χ1n) is 5.95. The summed E-state index contributed by atoms with van der Waals surface area (Å²) >= 11 is 4.63. The van der Waals surface area contributed by atoms with Gasteiger partial charge in [-0.25, -0.2) is 4.79 Å². The molecular formula is C12H16BBrO4S. The van der Waals surface area contributed by atoms with Crippen LogP contribution >= 0.6 is 27.3 Å². The normalized spacial score (nSPS) is 20.8. The monoisotopic (exact) mass is 346 g/mol. The van der Waals surface area contributed by atoms with E-state index >= 15 is 0 Å². The number of halogens is 1. The Morgan fingerprint density at radius 2 is 1.89 bits per heavy atom. The van der Waals surface area contributed by atoms with Crippen molar-refractivity contribution in [2.24, 2.45) is 0 Å². The second-order valence-electron chi connectivity index (χ2n) is 5.52. The van der Waals surface area contributed by atoms with Gasteiger partial charge in [0.25, 0.3) is 0 Å². The van der Waals surface area contributed by atoms with Gasteiger partial charge in [-0.15, -0.1) is 11.3 Å². The molecule has 0 unspecified atom stereocenters. The summed E-state index contributed by atoms with van der Waals surface area (Å²) < 4.78 is 11.9. The maximum absolute atomic E-state index is 11.1. The quantitative estimate of drug-likeness (QED) is 0.675. The van der Waals surface area contributed by atoms with E-state index in [1.54, 1.807) is 6.07 Å². The van der Waals surface area contributed by atoms with Gasteiger partial charge in [-0.3, -0.25) is 0 Å². The molecule has 1 aliphatic rings. The lowest BCUT2D eigenvalue weighted by molar-refractivity contribution is 0.00578. The molecular weight excluding hydrogens is 331 g/mol. The van der Waals surface area contributed by atoms with E-state index in [2.05, 4.69) is 15.9 Å². The van der Waals surface area contributed by atoms with Crippen molar-refractivity contribution in [1.29, 1.82) is 0 Å². The first-order chi connectivity index (χ1) is 8.68. The van der Waals surface area contributed by atoms with Crippen LogP contribution in [0.4, 0.5) is 0 Å². The second kappa shape index (κ2) is 4.88. The lowest BCUT2D eigenvalue weighted by Gasteiger charge is -2.32. The van der Waals surface area contributed by atoms with Crippen molar-refractivity contribution < 1.29 is 19.2 Å². The standard InChI is InChI=1S/C12H16BBrO4S/c1-11(2)12(3,4)18-13(17-11)7-5-8(10(15)16)19-9(7)6-14/h5H,6H2,1-4H3,(H,15,16). The number of carboxylic acids is 1. The lowest BCUT2D eigenvalue weighted by Crippen LogP contribution is -2.41. The molecule has 2 heterocycles. The third-order valence-corrected chi connectivity index (χ3v) is 5.75. The topological polar surface area (TPSA) is 55.8 Å². The number of hydrogen-bond donors (Lipinski definition) is 1. The maximum atomic E-state index is 11.1. The molecule has 0 aliphatic carbocycles. The minimum Gasteiger partial charge on any atom is -0.477 e. The Bertz CT molecular complexity index is 496. The third-order valence-electron chi connectivity index (χ3n) is 3.68. The Kier molecular flexibility index (Phi) is 3.86. The molecule has 104 valence electrons. The second-order valence-corrected chi connectivity index (χ2v) is 7.21. The Labute approximate surface area is 125 Å². The van der Waals surface area contributed by atoms with Crippen LogP contribution in [-0.2, 0) is 14.6 Å². The molecule has 0 saturated carbocycles. The summed E-state index contributed by atoms with van der Waals surface area (Å²) in [6.07, 6.45) is 0. The zero-order chi connectivity index (χ0) is 14.4. The van der Waals surface area contributed by atoms with Crippen LogP contribution in [0.2, 0.25) is 0 Å². The molecule has 0 amide bonds. The number of alkyl halides is 1. The van der Waals surface area contributed by atoms with Gasteiger partial charge in [-0.2, -0.15) is 0 Å². The molecule has 0 bridgehead atoms. The summed E-state index contributed by atoms with van der Waals surface area (Å²) in [6.45, 7) is 7.91. The van der Waals surface area contributed by atoms with E-state index in [9.17, 15) is 4.79 Å². The van der Waals surface area contributed by atoms with Crippen LogP contribution in [0, 0.1) is 0 Å². The van der Waals surface area contributed by atoms with E-state index in [1.807, 2.05) is 27.7 Å². The molecule has 0 atom stereocenters. The highest BCUT2D eigenvalue weighted by Gasteiger charge is 2.52. The minimum absolute atomic E-state index is 0.305. The van der Waals surface area contributed by atoms with Crippen LogP contribution < -0.4 is 5.46 Å². The SMILES string of the molecule is CC1(C)OB(c2cc(C(=O)O)sc2CBr)OC1(C)C. The van der Waals surface area contributed by atoms with Crippen molar-refractivity contribution in [2.45, 2.75) is 44.2 Å². The zero-order valence-corrected chi connectivity index (χ0v) is 13.7. The number of thiophene rings is 1. The third kappa shape index (κ3) is 2.61. The van der Waals surface area contributed by atoms with Crippen LogP contribution in [0.5, 0.6) is 0 Å². The van der Waals surface area contributed by atoms with Crippen molar-refractivity contribution in [2.75, 3.05) is 0 Å². The smallest absolute Gasteiger partial charge is 0.477 e. The minimum atomic E-state index is -0.921. The van der Waals surface area contributed by atoms with Crippen LogP contribution in [0.1, 0.15) is 42.2 Å². The fourth-order valence-corrected chi connectivity index (χ4v) is 3.36. The van der Waals surface area contributed by atoms with Gasteiger partial charge in [0, 0.05) is 10.2 Å². The number of carboxylic acid groups (broad SMARTS) is 1. The number of rotatable bonds is 3. The number of aromatic carboxylic acids is 1. The molecule has 1 aromatic rings. The van der Waals surface area contributed by atoms with Crippen molar-refractivity contribution in [1.82, 2.24) is 0 Å². The Morgan fingerprint density at radius 1 is 1.37 bits per heavy atom. The van der Waals surface area contributed by atoms with E-state index in [-0.39, 0.29) is 0 Å². The highest BCUT2D eigenvalue weighted by Crippen LogP contribution is 2.37. The van der Waals surface area contributed by atoms with Crippen molar-refractivity contribution in [3.8, 4) is 0 Å². The molecule has 1 aromatic heterocycles. The fourth-order valence-electron chi connectivity index (χ4n) is 1.82. The average molecular weight is 347 g/mol. The molecule has 19 heavy (non-hydrogen) atoms. The van der Waals surface area contributed by atoms with E-state index in [4.69, 9.17) is 14.4 Å². The summed E-state index contributed by atoms with van der Waals surface area (Å²) in [6, 6.07) is 1.64.